The minimum absolute atomic E-state index is 0.207. The molecule has 2 aliphatic rings. The molecular weight excluding hydrogens is 288 g/mol. The average Bonchev–Trinajstić information content (AvgIpc) is 2.94. The molecule has 2 aromatic rings. The zero-order chi connectivity index (χ0) is 16.0. The van der Waals surface area contributed by atoms with Gasteiger partial charge in [-0.2, -0.15) is 5.26 Å². The maximum absolute atomic E-state index is 9.97. The van der Waals surface area contributed by atoms with Gasteiger partial charge in [-0.15, -0.1) is 0 Å². The maximum Gasteiger partial charge on any atom is 0.101 e. The number of aliphatic hydroxyl groups is 1. The number of pyridine rings is 1. The topological polar surface area (TPSA) is 63.4 Å². The molecule has 5 nitrogen and oxygen atoms in total. The second kappa shape index (κ2) is 5.48. The predicted molar refractivity (Wildman–Crippen MR) is 89.3 cm³/mol. The van der Waals surface area contributed by atoms with Crippen LogP contribution >= 0.6 is 0 Å². The number of hydrogen-bond donors (Lipinski definition) is 1. The van der Waals surface area contributed by atoms with Crippen LogP contribution < -0.4 is 4.90 Å². The van der Waals surface area contributed by atoms with Crippen molar-refractivity contribution in [2.75, 3.05) is 24.5 Å². The van der Waals surface area contributed by atoms with E-state index >= 15 is 0 Å². The Labute approximate surface area is 135 Å². The molecule has 3 atom stereocenters. The standard InChI is InChI=1S/C18H20N4O/c1-12-9-21(10-14-7-15(23)11-22(12)14)17-5-4-13(8-19)18-16(17)3-2-6-20-18/h2-6,12,14-15,23H,7,9-11H2,1H3/t12-,14+,15?/m1/s1. The van der Waals surface area contributed by atoms with Crippen LogP contribution in [0.3, 0.4) is 0 Å². The molecule has 4 rings (SSSR count). The van der Waals surface area contributed by atoms with Crippen molar-refractivity contribution < 1.29 is 5.11 Å². The van der Waals surface area contributed by atoms with Gasteiger partial charge in [-0.3, -0.25) is 9.88 Å². The Morgan fingerprint density at radius 1 is 1.26 bits per heavy atom. The molecule has 0 spiro atoms. The highest BCUT2D eigenvalue weighted by Crippen LogP contribution is 2.33. The number of fused-ring (bicyclic) bond motifs is 2. The van der Waals surface area contributed by atoms with Gasteiger partial charge in [0.05, 0.1) is 17.2 Å². The Kier molecular flexibility index (Phi) is 3.44. The summed E-state index contributed by atoms with van der Waals surface area (Å²) in [5.41, 5.74) is 2.53. The van der Waals surface area contributed by atoms with Crippen molar-refractivity contribution in [2.24, 2.45) is 0 Å². The molecular formula is C18H20N4O. The maximum atomic E-state index is 9.97. The molecule has 2 saturated heterocycles. The Balaban J connectivity index is 1.74. The summed E-state index contributed by atoms with van der Waals surface area (Å²) in [6.07, 6.45) is 2.37. The highest BCUT2D eigenvalue weighted by Gasteiger charge is 2.39. The van der Waals surface area contributed by atoms with Crippen molar-refractivity contribution in [1.82, 2.24) is 9.88 Å². The SMILES string of the molecule is C[C@@H]1CN(c2ccc(C#N)c3ncccc23)C[C@@H]2CC(O)CN21. The molecule has 1 N–H and O–H groups in total. The smallest absolute Gasteiger partial charge is 0.101 e. The quantitative estimate of drug-likeness (QED) is 0.869. The first-order valence-electron chi connectivity index (χ1n) is 8.14. The van der Waals surface area contributed by atoms with E-state index in [1.54, 1.807) is 6.20 Å². The van der Waals surface area contributed by atoms with Crippen LogP contribution in [-0.2, 0) is 0 Å². The monoisotopic (exact) mass is 308 g/mol. The summed E-state index contributed by atoms with van der Waals surface area (Å²) in [5, 5.41) is 20.3. The number of rotatable bonds is 1. The van der Waals surface area contributed by atoms with Gasteiger partial charge in [-0.05, 0) is 37.6 Å². The van der Waals surface area contributed by atoms with E-state index < -0.39 is 0 Å². The number of aliphatic hydroxyl groups excluding tert-OH is 1. The summed E-state index contributed by atoms with van der Waals surface area (Å²) >= 11 is 0. The first-order chi connectivity index (χ1) is 11.2. The highest BCUT2D eigenvalue weighted by atomic mass is 16.3. The predicted octanol–water partition coefficient (Wildman–Crippen LogP) is 1.75. The third-order valence-corrected chi connectivity index (χ3v) is 5.12. The van der Waals surface area contributed by atoms with Crippen LogP contribution in [0.4, 0.5) is 5.69 Å². The normalized spacial score (nSPS) is 27.9. The Hall–Kier alpha value is -2.16. The van der Waals surface area contributed by atoms with E-state index in [1.165, 1.54) is 0 Å². The second-order valence-corrected chi connectivity index (χ2v) is 6.64. The van der Waals surface area contributed by atoms with Crippen LogP contribution in [0.5, 0.6) is 0 Å². The lowest BCUT2D eigenvalue weighted by Crippen LogP contribution is -2.55. The lowest BCUT2D eigenvalue weighted by Gasteiger charge is -2.43. The van der Waals surface area contributed by atoms with Gasteiger partial charge in [0.25, 0.3) is 0 Å². The third-order valence-electron chi connectivity index (χ3n) is 5.12. The number of benzene rings is 1. The molecule has 0 bridgehead atoms. The Morgan fingerprint density at radius 3 is 2.96 bits per heavy atom. The zero-order valence-corrected chi connectivity index (χ0v) is 13.2. The van der Waals surface area contributed by atoms with Crippen LogP contribution in [0.2, 0.25) is 0 Å². The number of aromatic nitrogens is 1. The van der Waals surface area contributed by atoms with Gasteiger partial charge >= 0.3 is 0 Å². The van der Waals surface area contributed by atoms with Crippen molar-refractivity contribution in [3.8, 4) is 6.07 Å². The van der Waals surface area contributed by atoms with E-state index in [2.05, 4.69) is 27.8 Å². The van der Waals surface area contributed by atoms with E-state index in [4.69, 9.17) is 0 Å². The fraction of sp³-hybridized carbons (Fsp3) is 0.444. The van der Waals surface area contributed by atoms with Crippen molar-refractivity contribution in [3.05, 3.63) is 36.0 Å². The summed E-state index contributed by atoms with van der Waals surface area (Å²) in [6, 6.07) is 10.9. The summed E-state index contributed by atoms with van der Waals surface area (Å²) in [6.45, 7) is 4.85. The van der Waals surface area contributed by atoms with E-state index in [0.29, 0.717) is 17.6 Å². The van der Waals surface area contributed by atoms with Crippen LogP contribution in [0.1, 0.15) is 18.9 Å². The number of hydrogen-bond acceptors (Lipinski definition) is 5. The molecule has 2 fully saturated rings. The number of nitriles is 1. The molecule has 118 valence electrons. The van der Waals surface area contributed by atoms with Gasteiger partial charge in [-0.25, -0.2) is 0 Å². The average molecular weight is 308 g/mol. The van der Waals surface area contributed by atoms with E-state index in [-0.39, 0.29) is 6.10 Å². The first kappa shape index (κ1) is 14.4. The van der Waals surface area contributed by atoms with Gasteiger partial charge in [0.15, 0.2) is 0 Å². The number of piperazine rings is 1. The largest absolute Gasteiger partial charge is 0.392 e. The highest BCUT2D eigenvalue weighted by molar-refractivity contribution is 5.95. The molecule has 1 unspecified atom stereocenters. The van der Waals surface area contributed by atoms with Crippen LogP contribution in [0.25, 0.3) is 10.9 Å². The summed E-state index contributed by atoms with van der Waals surface area (Å²) in [4.78, 5) is 9.21. The van der Waals surface area contributed by atoms with Gasteiger partial charge in [0.1, 0.15) is 6.07 Å². The van der Waals surface area contributed by atoms with Gasteiger partial charge in [0.2, 0.25) is 0 Å². The van der Waals surface area contributed by atoms with Crippen LogP contribution in [0.15, 0.2) is 30.5 Å². The van der Waals surface area contributed by atoms with Gasteiger partial charge < -0.3 is 10.0 Å². The van der Waals surface area contributed by atoms with Gasteiger partial charge in [-0.1, -0.05) is 0 Å². The molecule has 0 amide bonds. The molecule has 0 aliphatic carbocycles. The molecule has 0 saturated carbocycles. The van der Waals surface area contributed by atoms with E-state index in [9.17, 15) is 10.4 Å². The lowest BCUT2D eigenvalue weighted by molar-refractivity contribution is 0.143. The third kappa shape index (κ3) is 2.35. The second-order valence-electron chi connectivity index (χ2n) is 6.64. The molecule has 23 heavy (non-hydrogen) atoms. The minimum Gasteiger partial charge on any atom is -0.392 e. The van der Waals surface area contributed by atoms with Crippen molar-refractivity contribution in [1.29, 1.82) is 5.26 Å². The first-order valence-corrected chi connectivity index (χ1v) is 8.14. The molecule has 5 heteroatoms. The zero-order valence-electron chi connectivity index (χ0n) is 13.2. The van der Waals surface area contributed by atoms with Crippen molar-refractivity contribution in [2.45, 2.75) is 31.5 Å². The number of nitrogens with zero attached hydrogens (tertiary/aromatic N) is 4. The number of anilines is 1. The molecule has 2 aliphatic heterocycles. The molecule has 1 aromatic heterocycles. The molecule has 3 heterocycles. The van der Waals surface area contributed by atoms with Gasteiger partial charge in [0, 0.05) is 49.0 Å². The van der Waals surface area contributed by atoms with E-state index in [0.717, 1.165) is 42.6 Å². The van der Waals surface area contributed by atoms with Crippen LogP contribution in [0, 0.1) is 11.3 Å². The van der Waals surface area contributed by atoms with Crippen molar-refractivity contribution in [3.63, 3.8) is 0 Å². The lowest BCUT2D eigenvalue weighted by atomic mass is 10.0. The summed E-state index contributed by atoms with van der Waals surface area (Å²) in [5.74, 6) is 0. The molecule has 1 aromatic carbocycles. The fourth-order valence-corrected chi connectivity index (χ4v) is 4.11. The van der Waals surface area contributed by atoms with E-state index in [1.807, 2.05) is 24.3 Å². The Bertz CT molecular complexity index is 784. The Morgan fingerprint density at radius 2 is 2.13 bits per heavy atom. The molecule has 0 radical (unpaired) electrons. The minimum atomic E-state index is -0.207. The summed E-state index contributed by atoms with van der Waals surface area (Å²) in [7, 11) is 0. The summed E-state index contributed by atoms with van der Waals surface area (Å²) < 4.78 is 0. The van der Waals surface area contributed by atoms with Crippen molar-refractivity contribution >= 4 is 16.6 Å². The van der Waals surface area contributed by atoms with Crippen LogP contribution in [-0.4, -0.2) is 52.8 Å². The fourth-order valence-electron chi connectivity index (χ4n) is 4.11.